The molecule has 3 aliphatic rings. The minimum Gasteiger partial charge on any atom is -0.459 e. The molecule has 0 spiro atoms. The molecule has 16 heteroatoms. The number of benzene rings is 2. The number of aliphatic imine (C=N–C) groups is 3. The Labute approximate surface area is 353 Å². The molecule has 2 unspecified atom stereocenters. The van der Waals surface area contributed by atoms with Crippen molar-refractivity contribution >= 4 is 47.2 Å². The average molecular weight is 851 g/mol. The smallest absolute Gasteiger partial charge is 0.408 e. The number of nitrogens with one attached hydrogen (secondary N) is 1. The molecule has 1 saturated heterocycles. The highest BCUT2D eigenvalue weighted by molar-refractivity contribution is 6.74. The van der Waals surface area contributed by atoms with E-state index in [-0.39, 0.29) is 29.7 Å². The first-order valence-electron chi connectivity index (χ1n) is 20.6. The topological polar surface area (TPSA) is 159 Å². The summed E-state index contributed by atoms with van der Waals surface area (Å²) < 4.78 is 33.6. The van der Waals surface area contributed by atoms with Crippen LogP contribution >= 0.6 is 0 Å². The Kier molecular flexibility index (Phi) is 14.4. The lowest BCUT2D eigenvalue weighted by Crippen LogP contribution is -2.58. The number of hydrogen-bond acceptors (Lipinski definition) is 12. The van der Waals surface area contributed by atoms with Crippen LogP contribution in [0.3, 0.4) is 0 Å². The van der Waals surface area contributed by atoms with Crippen molar-refractivity contribution in [3.8, 4) is 0 Å². The third kappa shape index (κ3) is 11.7. The highest BCUT2D eigenvalue weighted by Crippen LogP contribution is 2.45. The van der Waals surface area contributed by atoms with E-state index in [0.717, 1.165) is 11.1 Å². The largest absolute Gasteiger partial charge is 0.459 e. The first-order valence-corrected chi connectivity index (χ1v) is 26.5. The summed E-state index contributed by atoms with van der Waals surface area (Å²) in [5.74, 6) is -0.134. The molecule has 14 nitrogen and oxygen atoms in total. The minimum absolute atomic E-state index is 0.0714. The summed E-state index contributed by atoms with van der Waals surface area (Å²) in [6, 6.07) is 17.5. The second kappa shape index (κ2) is 18.4. The van der Waals surface area contributed by atoms with Gasteiger partial charge in [0.1, 0.15) is 62.3 Å². The summed E-state index contributed by atoms with van der Waals surface area (Å²) >= 11 is 0. The van der Waals surface area contributed by atoms with Crippen LogP contribution in [0.15, 0.2) is 75.6 Å². The van der Waals surface area contributed by atoms with Gasteiger partial charge < -0.3 is 43.5 Å². The average Bonchev–Trinajstić information content (AvgIpc) is 3.72. The van der Waals surface area contributed by atoms with Crippen molar-refractivity contribution in [2.45, 2.75) is 140 Å². The van der Waals surface area contributed by atoms with Gasteiger partial charge in [0.15, 0.2) is 29.0 Å². The fraction of sp³-hybridized carbons (Fsp3) is 0.605. The highest BCUT2D eigenvalue weighted by Gasteiger charge is 2.58. The lowest BCUT2D eigenvalue weighted by Gasteiger charge is -2.45. The van der Waals surface area contributed by atoms with Crippen molar-refractivity contribution in [3.05, 3.63) is 71.8 Å². The normalized spacial score (nSPS) is 24.1. The zero-order valence-electron chi connectivity index (χ0n) is 37.2. The number of quaternary nitrogens is 1. The first-order chi connectivity index (χ1) is 27.5. The molecule has 0 saturated carbocycles. The molecule has 0 bridgehead atoms. The minimum atomic E-state index is -2.40. The van der Waals surface area contributed by atoms with Gasteiger partial charge in [-0.05, 0) is 47.4 Å². The summed E-state index contributed by atoms with van der Waals surface area (Å²) in [6.07, 6.45) is 0.520. The molecular weight excluding hydrogens is 783 g/mol. The van der Waals surface area contributed by atoms with E-state index in [2.05, 4.69) is 92.1 Å². The number of rotatable bonds is 16. The number of nitrogens with two attached hydrogens (primary N) is 1. The van der Waals surface area contributed by atoms with Gasteiger partial charge in [-0.3, -0.25) is 4.99 Å². The summed E-state index contributed by atoms with van der Waals surface area (Å²) in [5.41, 5.74) is 8.00. The molecular formula is C43H68N7O7Si2+. The Bertz CT molecular complexity index is 1830. The van der Waals surface area contributed by atoms with Crippen molar-refractivity contribution in [3.63, 3.8) is 0 Å². The molecule has 324 valence electrons. The number of nitrogens with zero attached hydrogens (tertiary/aromatic N) is 5. The zero-order chi connectivity index (χ0) is 43.4. The van der Waals surface area contributed by atoms with Gasteiger partial charge in [0.2, 0.25) is 0 Å². The number of carbonyl (C=O) groups is 2. The van der Waals surface area contributed by atoms with Crippen LogP contribution in [0.5, 0.6) is 0 Å². The van der Waals surface area contributed by atoms with Crippen molar-refractivity contribution in [2.75, 3.05) is 27.2 Å². The number of hydrogen-bond donors (Lipinski definition) is 2. The predicted molar refractivity (Wildman–Crippen MR) is 237 cm³/mol. The van der Waals surface area contributed by atoms with E-state index in [4.69, 9.17) is 38.8 Å². The third-order valence-electron chi connectivity index (χ3n) is 12.4. The number of fused-ring (bicyclic) bond motifs is 1. The van der Waals surface area contributed by atoms with E-state index in [9.17, 15) is 9.59 Å². The van der Waals surface area contributed by atoms with E-state index in [1.165, 1.54) is 6.34 Å². The molecule has 59 heavy (non-hydrogen) atoms. The Morgan fingerprint density at radius 3 is 1.95 bits per heavy atom. The van der Waals surface area contributed by atoms with Gasteiger partial charge in [-0.1, -0.05) is 102 Å². The van der Waals surface area contributed by atoms with Crippen LogP contribution < -0.4 is 11.1 Å². The van der Waals surface area contributed by atoms with Crippen LogP contribution in [0.2, 0.25) is 36.3 Å². The number of alkyl carbamates (subject to hydrolysis) is 1. The summed E-state index contributed by atoms with van der Waals surface area (Å²) in [7, 11) is -0.607. The fourth-order valence-electron chi connectivity index (χ4n) is 6.74. The summed E-state index contributed by atoms with van der Waals surface area (Å²) in [6.45, 7) is 23.6. The van der Waals surface area contributed by atoms with Gasteiger partial charge in [0, 0.05) is 6.42 Å². The fourth-order valence-corrected chi connectivity index (χ4v) is 9.35. The second-order valence-corrected chi connectivity index (χ2v) is 29.1. The van der Waals surface area contributed by atoms with Crippen molar-refractivity contribution < 1.29 is 37.1 Å². The van der Waals surface area contributed by atoms with E-state index < -0.39 is 71.5 Å². The lowest BCUT2D eigenvalue weighted by atomic mass is 10.1. The number of ether oxygens (including phenoxy) is 3. The highest BCUT2D eigenvalue weighted by atomic mass is 28.4. The molecule has 3 heterocycles. The maximum absolute atomic E-state index is 13.7. The van der Waals surface area contributed by atoms with E-state index in [1.807, 2.05) is 65.6 Å². The first kappa shape index (κ1) is 46.1. The van der Waals surface area contributed by atoms with Gasteiger partial charge in [-0.2, -0.15) is 0 Å². The number of amides is 1. The molecule has 3 N–H and O–H groups in total. The molecule has 0 aliphatic carbocycles. The maximum atomic E-state index is 13.7. The Balaban J connectivity index is 1.41. The second-order valence-electron chi connectivity index (χ2n) is 19.6. The van der Waals surface area contributed by atoms with Crippen molar-refractivity contribution in [1.29, 1.82) is 0 Å². The number of carbonyl (C=O) groups excluding carboxylic acids is 2. The van der Waals surface area contributed by atoms with Crippen molar-refractivity contribution in [1.82, 2.24) is 10.2 Å². The van der Waals surface area contributed by atoms with Crippen LogP contribution in [-0.2, 0) is 41.1 Å². The standard InChI is InChI=1S/C43H67N7O7Si2/c1-42(2,3)58(9,10)56-35-33(55-39(36(35)57-59(11,12)43(4,5)6)49-29-47-34-37(44)45-28-46-38(34)49)25-50(7,8)24-23-32(40(51)53-26-30-19-15-13-16-20-30)48-41(52)54-27-31-21-17-14-18-22-31/h13-22,28-29,32-36,38-39H,23-27H2,1-12H3,(H2-,44,45,46,48,52)/p+1/t32-,33+,34?,35+,36+,38?,39+/m0/s1. The zero-order valence-corrected chi connectivity index (χ0v) is 39.2. The quantitative estimate of drug-likeness (QED) is 0.110. The lowest BCUT2D eigenvalue weighted by molar-refractivity contribution is -0.893. The van der Waals surface area contributed by atoms with Crippen LogP contribution in [0.4, 0.5) is 4.79 Å². The summed E-state index contributed by atoms with van der Waals surface area (Å²) in [4.78, 5) is 42.5. The monoisotopic (exact) mass is 850 g/mol. The molecule has 5 rings (SSSR count). The summed E-state index contributed by atoms with van der Waals surface area (Å²) in [5, 5.41) is 2.62. The molecule has 0 aromatic heterocycles. The van der Waals surface area contributed by atoms with Crippen LogP contribution in [0, 0.1) is 0 Å². The van der Waals surface area contributed by atoms with E-state index >= 15 is 0 Å². The molecule has 7 atom stereocenters. The molecule has 1 fully saturated rings. The van der Waals surface area contributed by atoms with Gasteiger partial charge in [0.25, 0.3) is 0 Å². The SMILES string of the molecule is CC(C)(C)[Si](C)(C)O[C@@H]1[C@H](O[Si](C)(C)C(C)(C)C)[C@@H](C[N+](C)(C)CC[C@H](NC(=O)OCc2ccccc2)C(=O)OCc2ccccc2)O[C@H]1N1C=NC2C(N)=NC=NC21. The molecule has 2 aromatic carbocycles. The Morgan fingerprint density at radius 2 is 1.39 bits per heavy atom. The van der Waals surface area contributed by atoms with Crippen LogP contribution in [0.25, 0.3) is 0 Å². The third-order valence-corrected chi connectivity index (χ3v) is 21.4. The molecule has 2 aromatic rings. The number of amidine groups is 1. The van der Waals surface area contributed by atoms with E-state index in [1.54, 1.807) is 6.34 Å². The van der Waals surface area contributed by atoms with Gasteiger partial charge in [-0.15, -0.1) is 0 Å². The van der Waals surface area contributed by atoms with E-state index in [0.29, 0.717) is 23.4 Å². The predicted octanol–water partition coefficient (Wildman–Crippen LogP) is 6.43. The number of likely N-dealkylation sites (N-methyl/N-ethyl adjacent to an activating group) is 1. The molecule has 3 aliphatic heterocycles. The maximum Gasteiger partial charge on any atom is 0.408 e. The van der Waals surface area contributed by atoms with Gasteiger partial charge in [-0.25, -0.2) is 19.6 Å². The Hall–Kier alpha value is -3.94. The molecule has 0 radical (unpaired) electrons. The van der Waals surface area contributed by atoms with Crippen LogP contribution in [0.1, 0.15) is 59.1 Å². The molecule has 1 amide bonds. The number of esters is 1. The van der Waals surface area contributed by atoms with Gasteiger partial charge in [0.05, 0.1) is 27.0 Å². The van der Waals surface area contributed by atoms with Gasteiger partial charge >= 0.3 is 12.1 Å². The van der Waals surface area contributed by atoms with Crippen molar-refractivity contribution in [2.24, 2.45) is 20.7 Å². The van der Waals surface area contributed by atoms with Crippen LogP contribution in [-0.4, -0.2) is 127 Å². The Morgan fingerprint density at radius 1 is 0.847 bits per heavy atom.